The standard InChI is InChI=1S/C31H31Cl2N3O4/c1-37-24-4-2-3-19-7-8-25(35-27(19)24)38-18-30-9-12-31(13-10-30,14-11-30)39-17-21-28(36-40-29(21)20-5-6-20)26-22(32)15-34-16-23(26)33/h2-4,7-8,15-16,20H,5-6,9-14,17-18H2,1H3. The Morgan fingerprint density at radius 1 is 0.975 bits per heavy atom. The fourth-order valence-electron chi connectivity index (χ4n) is 6.42. The van der Waals surface area contributed by atoms with Gasteiger partial charge in [0.15, 0.2) is 0 Å². The minimum absolute atomic E-state index is 0.141. The Labute approximate surface area is 243 Å². The Kier molecular flexibility index (Phi) is 6.64. The molecule has 8 rings (SSSR count). The van der Waals surface area contributed by atoms with Gasteiger partial charge in [0.2, 0.25) is 5.88 Å². The molecule has 0 aliphatic heterocycles. The van der Waals surface area contributed by atoms with Crippen LogP contribution in [0.4, 0.5) is 0 Å². The van der Waals surface area contributed by atoms with Crippen molar-refractivity contribution in [1.29, 1.82) is 0 Å². The fourth-order valence-corrected chi connectivity index (χ4v) is 6.97. The van der Waals surface area contributed by atoms with E-state index >= 15 is 0 Å². The topological polar surface area (TPSA) is 79.5 Å². The number of fused-ring (bicyclic) bond motifs is 4. The lowest BCUT2D eigenvalue weighted by atomic mass is 9.59. The highest BCUT2D eigenvalue weighted by Gasteiger charge is 2.50. The molecule has 208 valence electrons. The van der Waals surface area contributed by atoms with E-state index in [9.17, 15) is 0 Å². The molecule has 4 aliphatic carbocycles. The molecule has 0 amide bonds. The first-order chi connectivity index (χ1) is 19.5. The molecule has 4 saturated carbocycles. The maximum absolute atomic E-state index is 6.78. The number of methoxy groups -OCH3 is 1. The van der Waals surface area contributed by atoms with Crippen molar-refractivity contribution in [2.24, 2.45) is 5.41 Å². The minimum Gasteiger partial charge on any atom is -0.494 e. The average Bonchev–Trinajstić information content (AvgIpc) is 3.75. The molecule has 1 aromatic carbocycles. The van der Waals surface area contributed by atoms with Gasteiger partial charge in [-0.3, -0.25) is 4.98 Å². The molecule has 9 heteroatoms. The van der Waals surface area contributed by atoms with Crippen molar-refractivity contribution < 1.29 is 18.7 Å². The smallest absolute Gasteiger partial charge is 0.213 e. The summed E-state index contributed by atoms with van der Waals surface area (Å²) in [6.45, 7) is 1.10. The number of aromatic nitrogens is 3. The summed E-state index contributed by atoms with van der Waals surface area (Å²) in [7, 11) is 1.67. The summed E-state index contributed by atoms with van der Waals surface area (Å²) in [5.74, 6) is 2.70. The molecule has 7 nitrogen and oxygen atoms in total. The number of rotatable bonds is 9. The number of halogens is 2. The van der Waals surface area contributed by atoms with E-state index in [1.165, 1.54) is 0 Å². The zero-order chi connectivity index (χ0) is 27.3. The predicted octanol–water partition coefficient (Wildman–Crippen LogP) is 8.17. The van der Waals surface area contributed by atoms with E-state index in [2.05, 4.69) is 10.1 Å². The molecule has 4 aliphatic rings. The van der Waals surface area contributed by atoms with Crippen LogP contribution in [0.15, 0.2) is 47.2 Å². The minimum atomic E-state index is -0.141. The molecule has 0 atom stereocenters. The van der Waals surface area contributed by atoms with Gasteiger partial charge in [0.05, 0.1) is 36.0 Å². The van der Waals surface area contributed by atoms with Gasteiger partial charge >= 0.3 is 0 Å². The Morgan fingerprint density at radius 2 is 1.73 bits per heavy atom. The molecule has 0 radical (unpaired) electrons. The summed E-state index contributed by atoms with van der Waals surface area (Å²) in [5.41, 5.74) is 3.14. The Morgan fingerprint density at radius 3 is 2.42 bits per heavy atom. The summed E-state index contributed by atoms with van der Waals surface area (Å²) < 4.78 is 24.4. The molecule has 0 saturated heterocycles. The zero-order valence-electron chi connectivity index (χ0n) is 22.4. The molecular formula is C31H31Cl2N3O4. The summed E-state index contributed by atoms with van der Waals surface area (Å²) in [5, 5.41) is 6.36. The molecule has 0 N–H and O–H groups in total. The van der Waals surface area contributed by atoms with E-state index in [1.54, 1.807) is 19.5 Å². The molecule has 4 fully saturated rings. The van der Waals surface area contributed by atoms with Crippen molar-refractivity contribution in [1.82, 2.24) is 15.1 Å². The molecule has 0 spiro atoms. The second kappa shape index (κ2) is 10.2. The van der Waals surface area contributed by atoms with Crippen molar-refractivity contribution in [3.8, 4) is 22.9 Å². The van der Waals surface area contributed by atoms with E-state index in [4.69, 9.17) is 46.9 Å². The number of hydrogen-bond donors (Lipinski definition) is 0. The predicted molar refractivity (Wildman–Crippen MR) is 153 cm³/mol. The van der Waals surface area contributed by atoms with E-state index < -0.39 is 0 Å². The van der Waals surface area contributed by atoms with Gasteiger partial charge in [0, 0.05) is 46.3 Å². The highest BCUT2D eigenvalue weighted by atomic mass is 35.5. The van der Waals surface area contributed by atoms with Gasteiger partial charge in [-0.05, 0) is 63.5 Å². The number of para-hydroxylation sites is 1. The van der Waals surface area contributed by atoms with Gasteiger partial charge in [-0.15, -0.1) is 0 Å². The normalized spacial score (nSPS) is 24.0. The van der Waals surface area contributed by atoms with Crippen molar-refractivity contribution in [3.63, 3.8) is 0 Å². The number of benzene rings is 1. The number of pyridine rings is 2. The van der Waals surface area contributed by atoms with E-state index in [-0.39, 0.29) is 11.0 Å². The Bertz CT molecular complexity index is 1520. The number of ether oxygens (including phenoxy) is 3. The largest absolute Gasteiger partial charge is 0.494 e. The van der Waals surface area contributed by atoms with Crippen LogP contribution in [0.1, 0.15) is 68.6 Å². The van der Waals surface area contributed by atoms with Crippen LogP contribution in [0.3, 0.4) is 0 Å². The first kappa shape index (κ1) is 26.1. The van der Waals surface area contributed by atoms with E-state index in [0.717, 1.165) is 79.3 Å². The lowest BCUT2D eigenvalue weighted by Crippen LogP contribution is -2.49. The highest BCUT2D eigenvalue weighted by Crippen LogP contribution is 2.55. The Balaban J connectivity index is 1.04. The van der Waals surface area contributed by atoms with Crippen LogP contribution in [0.5, 0.6) is 11.6 Å². The second-order valence-electron chi connectivity index (χ2n) is 11.6. The molecule has 40 heavy (non-hydrogen) atoms. The third kappa shape index (κ3) is 4.72. The van der Waals surface area contributed by atoms with Crippen LogP contribution in [0.25, 0.3) is 22.2 Å². The first-order valence-electron chi connectivity index (χ1n) is 14.0. The van der Waals surface area contributed by atoms with Gasteiger partial charge in [-0.1, -0.05) is 40.5 Å². The first-order valence-corrected chi connectivity index (χ1v) is 14.7. The van der Waals surface area contributed by atoms with E-state index in [1.807, 2.05) is 30.3 Å². The van der Waals surface area contributed by atoms with E-state index in [0.29, 0.717) is 46.3 Å². The molecule has 3 heterocycles. The SMILES string of the molecule is COc1cccc2ccc(OCC34CCC(OCc5c(-c6c(Cl)cncc6Cl)noc5C5CC5)(CC3)CC4)nc12. The third-order valence-electron chi connectivity index (χ3n) is 9.12. The average molecular weight is 581 g/mol. The van der Waals surface area contributed by atoms with Gasteiger partial charge in [-0.2, -0.15) is 0 Å². The van der Waals surface area contributed by atoms with Crippen LogP contribution >= 0.6 is 23.2 Å². The van der Waals surface area contributed by atoms with Crippen molar-refractivity contribution in [3.05, 3.63) is 64.1 Å². The van der Waals surface area contributed by atoms with Crippen LogP contribution in [0.2, 0.25) is 10.0 Å². The lowest BCUT2D eigenvalue weighted by Gasteiger charge is -2.52. The molecule has 3 aromatic heterocycles. The molecule has 2 bridgehead atoms. The third-order valence-corrected chi connectivity index (χ3v) is 9.69. The summed E-state index contributed by atoms with van der Waals surface area (Å²) in [4.78, 5) is 8.84. The van der Waals surface area contributed by atoms with Crippen molar-refractivity contribution in [2.45, 2.75) is 69.5 Å². The van der Waals surface area contributed by atoms with Gasteiger partial charge in [0.25, 0.3) is 0 Å². The lowest BCUT2D eigenvalue weighted by molar-refractivity contribution is -0.150. The Hall–Kier alpha value is -2.87. The summed E-state index contributed by atoms with van der Waals surface area (Å²) >= 11 is 13.0. The van der Waals surface area contributed by atoms with Crippen molar-refractivity contribution in [2.75, 3.05) is 13.7 Å². The quantitative estimate of drug-likeness (QED) is 0.198. The summed E-state index contributed by atoms with van der Waals surface area (Å²) in [6.07, 6.45) is 11.6. The molecule has 0 unspecified atom stereocenters. The summed E-state index contributed by atoms with van der Waals surface area (Å²) in [6, 6.07) is 9.93. The van der Waals surface area contributed by atoms with Gasteiger partial charge in [0.1, 0.15) is 22.7 Å². The second-order valence-corrected chi connectivity index (χ2v) is 12.4. The highest BCUT2D eigenvalue weighted by molar-refractivity contribution is 6.38. The van der Waals surface area contributed by atoms with Crippen LogP contribution in [-0.2, 0) is 11.3 Å². The van der Waals surface area contributed by atoms with Crippen LogP contribution in [-0.4, -0.2) is 34.4 Å². The van der Waals surface area contributed by atoms with Gasteiger partial charge in [-0.25, -0.2) is 4.98 Å². The number of nitrogens with zero attached hydrogens (tertiary/aromatic N) is 3. The number of hydrogen-bond acceptors (Lipinski definition) is 7. The van der Waals surface area contributed by atoms with Crippen LogP contribution in [0, 0.1) is 5.41 Å². The van der Waals surface area contributed by atoms with Gasteiger partial charge < -0.3 is 18.7 Å². The van der Waals surface area contributed by atoms with Crippen molar-refractivity contribution >= 4 is 34.1 Å². The molecular weight excluding hydrogens is 549 g/mol. The monoisotopic (exact) mass is 579 g/mol. The fraction of sp³-hybridized carbons (Fsp3) is 0.452. The maximum atomic E-state index is 6.78. The maximum Gasteiger partial charge on any atom is 0.213 e. The molecule has 4 aromatic rings. The van der Waals surface area contributed by atoms with Crippen LogP contribution < -0.4 is 9.47 Å². The zero-order valence-corrected chi connectivity index (χ0v) is 23.9.